The van der Waals surface area contributed by atoms with Crippen molar-refractivity contribution in [1.82, 2.24) is 5.43 Å². The maximum absolute atomic E-state index is 12.2. The Morgan fingerprint density at radius 3 is 2.18 bits per heavy atom. The van der Waals surface area contributed by atoms with Crippen molar-refractivity contribution in [3.8, 4) is 0 Å². The molecule has 2 aromatic carbocycles. The monoisotopic (exact) mass is 293 g/mol. The van der Waals surface area contributed by atoms with Gasteiger partial charge >= 0.3 is 0 Å². The van der Waals surface area contributed by atoms with Crippen LogP contribution < -0.4 is 5.43 Å². The second-order valence-corrected chi connectivity index (χ2v) is 5.58. The molecule has 1 amide bonds. The summed E-state index contributed by atoms with van der Waals surface area (Å²) < 4.78 is 7.70. The fourth-order valence-electron chi connectivity index (χ4n) is 3.17. The van der Waals surface area contributed by atoms with E-state index in [1.807, 2.05) is 41.1 Å². The maximum Gasteiger partial charge on any atom is 0.298 e. The standard InChI is InChI=1S/C18H16N2O2/c21-17-15-11-12-22-18(15)20(19-17)16(13-7-3-1-4-8-13)14-9-5-2-6-10-14/h1-10,15,18H,11-12H2/p+1/t15-,18-/m1/s1. The number of hydrazone groups is 1. The average Bonchev–Trinajstić information content (AvgIpc) is 3.15. The molecular weight excluding hydrogens is 276 g/mol. The molecule has 4 heteroatoms. The summed E-state index contributed by atoms with van der Waals surface area (Å²) in [7, 11) is 0. The molecule has 2 aromatic rings. The van der Waals surface area contributed by atoms with Crippen LogP contribution in [-0.4, -0.2) is 29.1 Å². The largest absolute Gasteiger partial charge is 0.319 e. The molecule has 0 bridgehead atoms. The van der Waals surface area contributed by atoms with Crippen molar-refractivity contribution in [3.05, 3.63) is 71.8 Å². The summed E-state index contributed by atoms with van der Waals surface area (Å²) in [6.45, 7) is 0.635. The van der Waals surface area contributed by atoms with E-state index in [9.17, 15) is 4.79 Å². The van der Waals surface area contributed by atoms with Gasteiger partial charge in [-0.2, -0.15) is 0 Å². The summed E-state index contributed by atoms with van der Waals surface area (Å²) in [4.78, 5) is 12.2. The first kappa shape index (κ1) is 13.2. The molecular formula is C18H17N2O2+. The Hall–Kier alpha value is -2.46. The van der Waals surface area contributed by atoms with Gasteiger partial charge in [0.05, 0.1) is 6.61 Å². The summed E-state index contributed by atoms with van der Waals surface area (Å²) in [5.41, 5.74) is 6.08. The number of hydrazine groups is 1. The normalized spacial score (nSPS) is 23.3. The van der Waals surface area contributed by atoms with E-state index in [0.717, 1.165) is 23.3 Å². The molecule has 0 aromatic heterocycles. The van der Waals surface area contributed by atoms with Gasteiger partial charge in [-0.3, -0.25) is 4.79 Å². The van der Waals surface area contributed by atoms with E-state index in [0.29, 0.717) is 6.61 Å². The van der Waals surface area contributed by atoms with Gasteiger partial charge in [0.25, 0.3) is 12.1 Å². The molecule has 2 saturated heterocycles. The lowest BCUT2D eigenvalue weighted by molar-refractivity contribution is -0.633. The van der Waals surface area contributed by atoms with Crippen molar-refractivity contribution in [1.29, 1.82) is 0 Å². The van der Waals surface area contributed by atoms with Crippen LogP contribution in [0.2, 0.25) is 0 Å². The van der Waals surface area contributed by atoms with Gasteiger partial charge in [-0.1, -0.05) is 41.1 Å². The van der Waals surface area contributed by atoms with Crippen LogP contribution in [0.4, 0.5) is 0 Å². The van der Waals surface area contributed by atoms with E-state index in [2.05, 4.69) is 29.7 Å². The van der Waals surface area contributed by atoms with E-state index in [-0.39, 0.29) is 18.1 Å². The fourth-order valence-corrected chi connectivity index (χ4v) is 3.17. The summed E-state index contributed by atoms with van der Waals surface area (Å²) in [5.74, 6) is -0.0331. The first-order valence-corrected chi connectivity index (χ1v) is 7.54. The lowest BCUT2D eigenvalue weighted by Gasteiger charge is -2.09. The molecule has 0 aliphatic carbocycles. The van der Waals surface area contributed by atoms with E-state index in [1.165, 1.54) is 0 Å². The van der Waals surface area contributed by atoms with Crippen molar-refractivity contribution in [2.75, 3.05) is 6.61 Å². The molecule has 1 N–H and O–H groups in total. The third-order valence-electron chi connectivity index (χ3n) is 4.22. The minimum Gasteiger partial charge on any atom is -0.319 e. The molecule has 2 aliphatic heterocycles. The number of ether oxygens (including phenoxy) is 1. The SMILES string of the molecule is O=C1N[N+](=C(c2ccccc2)c2ccccc2)[C@@H]2OCC[C@H]12. The van der Waals surface area contributed by atoms with Gasteiger partial charge in [0.2, 0.25) is 5.71 Å². The molecule has 110 valence electrons. The highest BCUT2D eigenvalue weighted by molar-refractivity contribution is 6.10. The van der Waals surface area contributed by atoms with E-state index in [1.54, 1.807) is 0 Å². The van der Waals surface area contributed by atoms with Gasteiger partial charge in [0.1, 0.15) is 5.92 Å². The zero-order valence-corrected chi connectivity index (χ0v) is 12.1. The highest BCUT2D eigenvalue weighted by Crippen LogP contribution is 2.27. The number of nitrogens with zero attached hydrogens (tertiary/aromatic N) is 1. The summed E-state index contributed by atoms with van der Waals surface area (Å²) in [6.07, 6.45) is 0.562. The first-order valence-electron chi connectivity index (χ1n) is 7.54. The first-order chi connectivity index (χ1) is 10.8. The predicted octanol–water partition coefficient (Wildman–Crippen LogP) is 1.94. The van der Waals surface area contributed by atoms with Crippen molar-refractivity contribution in [3.63, 3.8) is 0 Å². The minimum absolute atomic E-state index is 0.0480. The van der Waals surface area contributed by atoms with Crippen molar-refractivity contribution < 1.29 is 14.2 Å². The topological polar surface area (TPSA) is 41.3 Å². The van der Waals surface area contributed by atoms with Gasteiger partial charge in [-0.05, 0) is 30.7 Å². The third kappa shape index (κ3) is 2.12. The number of amides is 1. The molecule has 2 atom stereocenters. The van der Waals surface area contributed by atoms with Crippen molar-refractivity contribution in [2.24, 2.45) is 5.92 Å². The zero-order valence-electron chi connectivity index (χ0n) is 12.1. The lowest BCUT2D eigenvalue weighted by atomic mass is 10.0. The smallest absolute Gasteiger partial charge is 0.298 e. The number of hydrogen-bond donors (Lipinski definition) is 1. The molecule has 4 nitrogen and oxygen atoms in total. The average molecular weight is 293 g/mol. The van der Waals surface area contributed by atoms with Crippen LogP contribution in [0.15, 0.2) is 60.7 Å². The maximum atomic E-state index is 12.2. The number of benzene rings is 2. The molecule has 2 aliphatic rings. The van der Waals surface area contributed by atoms with Crippen molar-refractivity contribution >= 4 is 11.6 Å². The van der Waals surface area contributed by atoms with Gasteiger partial charge in [0.15, 0.2) is 0 Å². The van der Waals surface area contributed by atoms with Gasteiger partial charge < -0.3 is 4.74 Å². The number of rotatable bonds is 2. The number of carbonyl (C=O) groups is 1. The summed E-state index contributed by atoms with van der Waals surface area (Å²) in [6, 6.07) is 20.2. The van der Waals surface area contributed by atoms with E-state index >= 15 is 0 Å². The van der Waals surface area contributed by atoms with Crippen molar-refractivity contribution in [2.45, 2.75) is 12.6 Å². The Morgan fingerprint density at radius 2 is 1.59 bits per heavy atom. The van der Waals surface area contributed by atoms with Gasteiger partial charge in [-0.25, -0.2) is 0 Å². The quantitative estimate of drug-likeness (QED) is 0.860. The predicted molar refractivity (Wildman–Crippen MR) is 82.3 cm³/mol. The Bertz CT molecular complexity index is 684. The number of fused-ring (bicyclic) bond motifs is 1. The van der Waals surface area contributed by atoms with Crippen LogP contribution in [0, 0.1) is 5.92 Å². The number of carbonyl (C=O) groups excluding carboxylic acids is 1. The van der Waals surface area contributed by atoms with Crippen LogP contribution in [0.3, 0.4) is 0 Å². The Morgan fingerprint density at radius 1 is 1.00 bits per heavy atom. The van der Waals surface area contributed by atoms with Gasteiger partial charge in [-0.15, -0.1) is 5.43 Å². The second-order valence-electron chi connectivity index (χ2n) is 5.58. The summed E-state index contributed by atoms with van der Waals surface area (Å²) in [5, 5.41) is 0. The molecule has 2 heterocycles. The lowest BCUT2D eigenvalue weighted by Crippen LogP contribution is -2.36. The molecule has 2 fully saturated rings. The molecule has 0 radical (unpaired) electrons. The number of hydrogen-bond acceptors (Lipinski definition) is 2. The van der Waals surface area contributed by atoms with Crippen LogP contribution in [0.5, 0.6) is 0 Å². The molecule has 0 saturated carbocycles. The summed E-state index contributed by atoms with van der Waals surface area (Å²) >= 11 is 0. The van der Waals surface area contributed by atoms with Gasteiger partial charge in [0, 0.05) is 11.1 Å². The Labute approximate surface area is 129 Å². The molecule has 0 unspecified atom stereocenters. The minimum atomic E-state index is -0.220. The van der Waals surface area contributed by atoms with Crippen LogP contribution >= 0.6 is 0 Å². The Kier molecular flexibility index (Phi) is 3.24. The molecule has 4 rings (SSSR count). The zero-order chi connectivity index (χ0) is 14.9. The Balaban J connectivity index is 1.91. The number of nitrogens with one attached hydrogen (secondary N) is 1. The highest BCUT2D eigenvalue weighted by Gasteiger charge is 2.51. The molecule has 0 spiro atoms. The van der Waals surface area contributed by atoms with Crippen LogP contribution in [0.1, 0.15) is 17.5 Å². The van der Waals surface area contributed by atoms with E-state index in [4.69, 9.17) is 4.74 Å². The fraction of sp³-hybridized carbons (Fsp3) is 0.222. The highest BCUT2D eigenvalue weighted by atomic mass is 16.5. The third-order valence-corrected chi connectivity index (χ3v) is 4.22. The molecule has 22 heavy (non-hydrogen) atoms. The van der Waals surface area contributed by atoms with Crippen LogP contribution in [0.25, 0.3) is 0 Å². The van der Waals surface area contributed by atoms with E-state index < -0.39 is 0 Å². The van der Waals surface area contributed by atoms with Crippen LogP contribution in [-0.2, 0) is 9.53 Å². The second kappa shape index (κ2) is 5.39.